The van der Waals surface area contributed by atoms with Crippen LogP contribution in [0.3, 0.4) is 0 Å². The molecule has 2 saturated heterocycles. The lowest BCUT2D eigenvalue weighted by Gasteiger charge is -2.34. The number of H-pyrrole nitrogens is 2. The van der Waals surface area contributed by atoms with Crippen LogP contribution in [0.5, 0.6) is 11.5 Å². The second-order valence-corrected chi connectivity index (χ2v) is 11.3. The van der Waals surface area contributed by atoms with Crippen LogP contribution in [0, 0.1) is 0 Å². The third-order valence-corrected chi connectivity index (χ3v) is 8.64. The lowest BCUT2D eigenvalue weighted by atomic mass is 10.1. The van der Waals surface area contributed by atoms with Gasteiger partial charge in [-0.3, -0.25) is 4.90 Å². The summed E-state index contributed by atoms with van der Waals surface area (Å²) in [6.45, 7) is 8.48. The number of nitrogens with two attached hydrogens (primary N) is 1. The van der Waals surface area contributed by atoms with E-state index in [1.165, 1.54) is 19.4 Å². The Labute approximate surface area is 245 Å². The quantitative estimate of drug-likeness (QED) is 0.164. The van der Waals surface area contributed by atoms with E-state index in [4.69, 9.17) is 27.4 Å². The molecule has 0 amide bonds. The molecule has 41 heavy (non-hydrogen) atoms. The highest BCUT2D eigenvalue weighted by Crippen LogP contribution is 2.38. The summed E-state index contributed by atoms with van der Waals surface area (Å²) < 4.78 is 12.0. The molecule has 2 aromatic carbocycles. The van der Waals surface area contributed by atoms with Crippen LogP contribution in [0.1, 0.15) is 26.2 Å². The Kier molecular flexibility index (Phi) is 7.97. The summed E-state index contributed by atoms with van der Waals surface area (Å²) in [6.07, 6.45) is 5.33. The Morgan fingerprint density at radius 2 is 1.95 bits per heavy atom. The van der Waals surface area contributed by atoms with E-state index in [1.807, 2.05) is 30.3 Å². The van der Waals surface area contributed by atoms with E-state index >= 15 is 0 Å². The highest BCUT2D eigenvalue weighted by Gasteiger charge is 2.28. The van der Waals surface area contributed by atoms with E-state index in [2.05, 4.69) is 48.0 Å². The van der Waals surface area contributed by atoms with Crippen molar-refractivity contribution in [2.24, 2.45) is 0 Å². The molecular formula is C30H39N8O2S+. The minimum absolute atomic E-state index is 0.655. The SMILES string of the molecule is COc1cc2c(cc1OCCCN1CCCC1C)[nH]c1nc[nH+]c(N3CCN(C(=S)Nc4ccc(N)cc4)CC3)c12. The first kappa shape index (κ1) is 27.3. The van der Waals surface area contributed by atoms with E-state index < -0.39 is 0 Å². The van der Waals surface area contributed by atoms with Gasteiger partial charge in [-0.05, 0) is 75.3 Å². The summed E-state index contributed by atoms with van der Waals surface area (Å²) in [5.41, 5.74) is 9.29. The normalized spacial score (nSPS) is 17.9. The van der Waals surface area contributed by atoms with E-state index in [9.17, 15) is 0 Å². The number of rotatable bonds is 8. The van der Waals surface area contributed by atoms with Gasteiger partial charge in [0.15, 0.2) is 16.6 Å². The van der Waals surface area contributed by atoms with Crippen molar-refractivity contribution in [1.82, 2.24) is 19.8 Å². The molecule has 1 unspecified atom stereocenters. The maximum atomic E-state index is 6.22. The minimum Gasteiger partial charge on any atom is -0.493 e. The standard InChI is InChI=1S/C30H38N8O2S/c1-20-5-3-10-36(20)11-4-16-40-26-18-24-23(17-25(26)39-2)27-28(35-24)32-19-33-29(27)37-12-14-38(15-13-37)30(41)34-22-8-6-21(31)7-9-22/h6-9,17-20H,3-5,10-16,31H2,1-2H3,(H,34,41)(H,32,33,35)/p+1. The molecule has 10 nitrogen and oxygen atoms in total. The number of anilines is 3. The molecule has 216 valence electrons. The molecule has 11 heteroatoms. The van der Waals surface area contributed by atoms with Crippen LogP contribution in [-0.4, -0.2) is 83.9 Å². The van der Waals surface area contributed by atoms with Crippen LogP contribution in [-0.2, 0) is 0 Å². The lowest BCUT2D eigenvalue weighted by molar-refractivity contribution is -0.367. The van der Waals surface area contributed by atoms with Gasteiger partial charge in [0, 0.05) is 35.4 Å². The van der Waals surface area contributed by atoms with Crippen molar-refractivity contribution in [1.29, 1.82) is 0 Å². The third-order valence-electron chi connectivity index (χ3n) is 8.28. The molecule has 2 aliphatic heterocycles. The Bertz CT molecular complexity index is 1520. The molecule has 0 bridgehead atoms. The van der Waals surface area contributed by atoms with Gasteiger partial charge in [-0.25, -0.2) is 4.98 Å². The van der Waals surface area contributed by atoms with Crippen molar-refractivity contribution < 1.29 is 14.5 Å². The molecule has 5 N–H and O–H groups in total. The number of nitrogens with one attached hydrogen (secondary N) is 3. The predicted molar refractivity (Wildman–Crippen MR) is 168 cm³/mol. The van der Waals surface area contributed by atoms with E-state index in [0.717, 1.165) is 94.9 Å². The van der Waals surface area contributed by atoms with Crippen LogP contribution < -0.4 is 30.4 Å². The van der Waals surface area contributed by atoms with Gasteiger partial charge in [0.2, 0.25) is 17.8 Å². The maximum absolute atomic E-state index is 6.22. The van der Waals surface area contributed by atoms with Crippen LogP contribution in [0.2, 0.25) is 0 Å². The molecule has 0 aliphatic carbocycles. The number of likely N-dealkylation sites (tertiary alicyclic amines) is 1. The number of piperazine rings is 1. The zero-order valence-electron chi connectivity index (χ0n) is 23.8. The summed E-state index contributed by atoms with van der Waals surface area (Å²) in [5.74, 6) is 2.52. The lowest BCUT2D eigenvalue weighted by Crippen LogP contribution is -2.51. The first-order valence-electron chi connectivity index (χ1n) is 14.4. The fourth-order valence-electron chi connectivity index (χ4n) is 5.95. The van der Waals surface area contributed by atoms with Gasteiger partial charge in [0.05, 0.1) is 45.4 Å². The summed E-state index contributed by atoms with van der Waals surface area (Å²) in [4.78, 5) is 18.6. The van der Waals surface area contributed by atoms with E-state index in [1.54, 1.807) is 13.4 Å². The monoisotopic (exact) mass is 575 g/mol. The zero-order chi connectivity index (χ0) is 28.3. The summed E-state index contributed by atoms with van der Waals surface area (Å²) >= 11 is 5.70. The van der Waals surface area contributed by atoms with Crippen LogP contribution in [0.25, 0.3) is 21.9 Å². The number of thiocarbonyl (C=S) groups is 1. The molecule has 2 aromatic heterocycles. The average Bonchev–Trinajstić information content (AvgIpc) is 3.58. The number of nitrogens with zero attached hydrogens (tertiary/aromatic N) is 4. The maximum Gasteiger partial charge on any atom is 0.234 e. The Morgan fingerprint density at radius 3 is 2.68 bits per heavy atom. The second kappa shape index (κ2) is 12.0. The van der Waals surface area contributed by atoms with Crippen molar-refractivity contribution in [2.75, 3.05) is 68.9 Å². The summed E-state index contributed by atoms with van der Waals surface area (Å²) in [6, 6.07) is 12.4. The Balaban J connectivity index is 1.15. The van der Waals surface area contributed by atoms with Crippen molar-refractivity contribution in [3.8, 4) is 11.5 Å². The number of nitrogen functional groups attached to an aromatic ring is 1. The topological polar surface area (TPSA) is 109 Å². The first-order valence-corrected chi connectivity index (χ1v) is 14.8. The van der Waals surface area contributed by atoms with Crippen molar-refractivity contribution in [3.05, 3.63) is 42.7 Å². The number of benzene rings is 2. The van der Waals surface area contributed by atoms with Gasteiger partial charge in [0.25, 0.3) is 0 Å². The number of hydrogen-bond donors (Lipinski definition) is 3. The largest absolute Gasteiger partial charge is 0.493 e. The van der Waals surface area contributed by atoms with Crippen LogP contribution in [0.15, 0.2) is 42.7 Å². The first-order chi connectivity index (χ1) is 20.0. The molecule has 0 saturated carbocycles. The second-order valence-electron chi connectivity index (χ2n) is 10.9. The molecule has 4 heterocycles. The molecule has 4 aromatic rings. The average molecular weight is 576 g/mol. The number of methoxy groups -OCH3 is 1. The van der Waals surface area contributed by atoms with Crippen LogP contribution in [0.4, 0.5) is 17.2 Å². The van der Waals surface area contributed by atoms with Crippen LogP contribution >= 0.6 is 12.2 Å². The predicted octanol–water partition coefficient (Wildman–Crippen LogP) is 3.89. The van der Waals surface area contributed by atoms with Crippen molar-refractivity contribution in [2.45, 2.75) is 32.2 Å². The number of aromatic nitrogens is 3. The Morgan fingerprint density at radius 1 is 1.15 bits per heavy atom. The molecule has 0 spiro atoms. The van der Waals surface area contributed by atoms with Gasteiger partial charge in [-0.15, -0.1) is 0 Å². The highest BCUT2D eigenvalue weighted by atomic mass is 32.1. The minimum atomic E-state index is 0.655. The third kappa shape index (κ3) is 5.82. The van der Waals surface area contributed by atoms with Gasteiger partial charge in [0.1, 0.15) is 5.39 Å². The molecule has 2 fully saturated rings. The van der Waals surface area contributed by atoms with Gasteiger partial charge >= 0.3 is 0 Å². The fraction of sp³-hybridized carbons (Fsp3) is 0.433. The highest BCUT2D eigenvalue weighted by molar-refractivity contribution is 7.80. The Hall–Kier alpha value is -3.83. The van der Waals surface area contributed by atoms with Gasteiger partial charge in [-0.1, -0.05) is 4.98 Å². The summed E-state index contributed by atoms with van der Waals surface area (Å²) in [5, 5.41) is 6.15. The number of fused-ring (bicyclic) bond motifs is 3. The number of aromatic amines is 2. The molecular weight excluding hydrogens is 536 g/mol. The van der Waals surface area contributed by atoms with E-state index in [0.29, 0.717) is 12.6 Å². The fourth-order valence-corrected chi connectivity index (χ4v) is 6.25. The molecule has 2 aliphatic rings. The zero-order valence-corrected chi connectivity index (χ0v) is 24.6. The van der Waals surface area contributed by atoms with Crippen molar-refractivity contribution >= 4 is 56.5 Å². The van der Waals surface area contributed by atoms with Crippen molar-refractivity contribution in [3.63, 3.8) is 0 Å². The van der Waals surface area contributed by atoms with Gasteiger partial charge < -0.3 is 35.3 Å². The molecule has 6 rings (SSSR count). The van der Waals surface area contributed by atoms with Gasteiger partial charge in [-0.2, -0.15) is 0 Å². The van der Waals surface area contributed by atoms with E-state index in [-0.39, 0.29) is 0 Å². The molecule has 0 radical (unpaired) electrons. The smallest absolute Gasteiger partial charge is 0.234 e. The summed E-state index contributed by atoms with van der Waals surface area (Å²) in [7, 11) is 1.70. The number of ether oxygens (including phenoxy) is 2. The number of hydrogen-bond acceptors (Lipinski definition) is 7. The molecule has 1 atom stereocenters.